The Bertz CT molecular complexity index is 673. The number of likely N-dealkylation sites (N-methyl/N-ethyl adjacent to an activating group) is 1. The van der Waals surface area contributed by atoms with Crippen LogP contribution in [-0.4, -0.2) is 64.3 Å². The molecule has 2 N–H and O–H groups in total. The summed E-state index contributed by atoms with van der Waals surface area (Å²) in [5, 5.41) is 3.64. The lowest BCUT2D eigenvalue weighted by Gasteiger charge is -2.44. The lowest BCUT2D eigenvalue weighted by Crippen LogP contribution is -2.59. The van der Waals surface area contributed by atoms with Gasteiger partial charge in [-0.3, -0.25) is 14.9 Å². The summed E-state index contributed by atoms with van der Waals surface area (Å²) in [4.78, 5) is 36.7. The first kappa shape index (κ1) is 17.5. The van der Waals surface area contributed by atoms with Crippen LogP contribution in [0.1, 0.15) is 56.3 Å². The molecule has 142 valence electrons. The number of amides is 2. The minimum absolute atomic E-state index is 0.00254. The number of aromatic nitrogens is 2. The third-order valence-corrected chi connectivity index (χ3v) is 6.24. The van der Waals surface area contributed by atoms with Gasteiger partial charge in [-0.2, -0.15) is 0 Å². The highest BCUT2D eigenvalue weighted by molar-refractivity contribution is 5.88. The van der Waals surface area contributed by atoms with Crippen LogP contribution in [0.3, 0.4) is 0 Å². The van der Waals surface area contributed by atoms with Gasteiger partial charge in [-0.05, 0) is 25.7 Å². The fraction of sp³-hybridized carbons (Fsp3) is 0.737. The Kier molecular flexibility index (Phi) is 4.73. The molecule has 1 aromatic rings. The molecule has 0 radical (unpaired) electrons. The zero-order chi connectivity index (χ0) is 18.1. The summed E-state index contributed by atoms with van der Waals surface area (Å²) in [6.45, 7) is 1.81. The monoisotopic (exact) mass is 359 g/mol. The normalized spacial score (nSPS) is 24.5. The number of nitrogens with one attached hydrogen (secondary N) is 2. The van der Waals surface area contributed by atoms with Crippen molar-refractivity contribution in [2.75, 3.05) is 26.7 Å². The first-order valence-corrected chi connectivity index (χ1v) is 9.92. The topological polar surface area (TPSA) is 81.3 Å². The van der Waals surface area contributed by atoms with Crippen LogP contribution in [0.4, 0.5) is 0 Å². The Balaban J connectivity index is 1.47. The van der Waals surface area contributed by atoms with E-state index in [1.54, 1.807) is 18.3 Å². The molecule has 1 saturated heterocycles. The van der Waals surface area contributed by atoms with Crippen LogP contribution in [-0.2, 0) is 21.5 Å². The van der Waals surface area contributed by atoms with E-state index >= 15 is 0 Å². The fourth-order valence-electron chi connectivity index (χ4n) is 4.84. The first-order chi connectivity index (χ1) is 12.6. The van der Waals surface area contributed by atoms with Crippen molar-refractivity contribution < 1.29 is 9.59 Å². The van der Waals surface area contributed by atoms with Crippen LogP contribution in [0.25, 0.3) is 0 Å². The van der Waals surface area contributed by atoms with Crippen molar-refractivity contribution in [1.29, 1.82) is 0 Å². The fourth-order valence-corrected chi connectivity index (χ4v) is 4.84. The maximum atomic E-state index is 13.1. The summed E-state index contributed by atoms with van der Waals surface area (Å²) >= 11 is 0. The zero-order valence-corrected chi connectivity index (χ0v) is 15.6. The molecule has 3 heterocycles. The Morgan fingerprint density at radius 1 is 1.23 bits per heavy atom. The van der Waals surface area contributed by atoms with Gasteiger partial charge in [0.2, 0.25) is 11.8 Å². The molecule has 26 heavy (non-hydrogen) atoms. The van der Waals surface area contributed by atoms with Crippen molar-refractivity contribution in [3.8, 4) is 0 Å². The van der Waals surface area contributed by atoms with Crippen LogP contribution in [0, 0.1) is 0 Å². The zero-order valence-electron chi connectivity index (χ0n) is 15.6. The lowest BCUT2D eigenvalue weighted by atomic mass is 9.75. The molecule has 0 aromatic carbocycles. The van der Waals surface area contributed by atoms with E-state index in [1.165, 1.54) is 6.42 Å². The molecule has 4 rings (SSSR count). The Hall–Kier alpha value is -1.89. The quantitative estimate of drug-likeness (QED) is 0.849. The summed E-state index contributed by atoms with van der Waals surface area (Å²) in [5.41, 5.74) is 1.98. The highest BCUT2D eigenvalue weighted by Gasteiger charge is 2.45. The molecule has 1 atom stereocenters. The van der Waals surface area contributed by atoms with Crippen molar-refractivity contribution in [3.05, 3.63) is 17.7 Å². The van der Waals surface area contributed by atoms with Gasteiger partial charge in [-0.1, -0.05) is 19.3 Å². The largest absolute Gasteiger partial charge is 0.348 e. The van der Waals surface area contributed by atoms with Gasteiger partial charge in [-0.25, -0.2) is 4.98 Å². The van der Waals surface area contributed by atoms with E-state index in [0.29, 0.717) is 6.42 Å². The second-order valence-corrected chi connectivity index (χ2v) is 8.06. The second-order valence-electron chi connectivity index (χ2n) is 8.06. The Morgan fingerprint density at radius 3 is 2.69 bits per heavy atom. The molecule has 1 saturated carbocycles. The molecule has 1 aromatic heterocycles. The molecular weight excluding hydrogens is 330 g/mol. The van der Waals surface area contributed by atoms with Gasteiger partial charge in [0.15, 0.2) is 0 Å². The number of nitrogens with zero attached hydrogens (tertiary/aromatic N) is 3. The van der Waals surface area contributed by atoms with Crippen molar-refractivity contribution in [2.45, 2.75) is 62.9 Å². The van der Waals surface area contributed by atoms with E-state index < -0.39 is 0 Å². The molecule has 2 fully saturated rings. The highest BCUT2D eigenvalue weighted by Crippen LogP contribution is 2.40. The first-order valence-electron chi connectivity index (χ1n) is 9.92. The molecule has 7 nitrogen and oxygen atoms in total. The van der Waals surface area contributed by atoms with E-state index in [1.807, 2.05) is 4.90 Å². The van der Waals surface area contributed by atoms with Gasteiger partial charge in [0, 0.05) is 32.3 Å². The summed E-state index contributed by atoms with van der Waals surface area (Å²) in [7, 11) is 1.74. The van der Waals surface area contributed by atoms with Crippen molar-refractivity contribution in [3.63, 3.8) is 0 Å². The number of likely N-dealkylation sites (tertiary alicyclic amines) is 1. The Labute approximate surface area is 154 Å². The standard InChI is InChI=1S/C19H29N5O2/c1-23(12-16(25)24-9-5-6-10-24)18(26)15-11-14-17(21-13-20-14)19(22-15)7-3-2-4-8-19/h13,15,22H,2-12H2,1H3,(H,20,21). The molecular formula is C19H29N5O2. The molecule has 2 aliphatic heterocycles. The Morgan fingerprint density at radius 2 is 1.96 bits per heavy atom. The molecule has 2 amide bonds. The van der Waals surface area contributed by atoms with Crippen molar-refractivity contribution >= 4 is 11.8 Å². The molecule has 1 aliphatic carbocycles. The van der Waals surface area contributed by atoms with Crippen LogP contribution in [0.5, 0.6) is 0 Å². The number of hydrogen-bond donors (Lipinski definition) is 2. The number of carbonyl (C=O) groups is 2. The van der Waals surface area contributed by atoms with Gasteiger partial charge in [0.1, 0.15) is 0 Å². The number of rotatable bonds is 3. The molecule has 3 aliphatic rings. The number of H-pyrrole nitrogens is 1. The van der Waals surface area contributed by atoms with Gasteiger partial charge in [-0.15, -0.1) is 0 Å². The van der Waals surface area contributed by atoms with Crippen LogP contribution >= 0.6 is 0 Å². The summed E-state index contributed by atoms with van der Waals surface area (Å²) < 4.78 is 0. The maximum absolute atomic E-state index is 13.1. The molecule has 7 heteroatoms. The highest BCUT2D eigenvalue weighted by atomic mass is 16.2. The summed E-state index contributed by atoms with van der Waals surface area (Å²) in [6.07, 6.45) is 10.1. The van der Waals surface area contributed by atoms with E-state index in [4.69, 9.17) is 0 Å². The SMILES string of the molecule is CN(CC(=O)N1CCCC1)C(=O)C1Cc2[nH]cnc2C2(CCCCC2)N1. The van der Waals surface area contributed by atoms with Crippen LogP contribution < -0.4 is 5.32 Å². The minimum atomic E-state index is -0.294. The van der Waals surface area contributed by atoms with Crippen LogP contribution in [0.2, 0.25) is 0 Å². The summed E-state index contributed by atoms with van der Waals surface area (Å²) in [6, 6.07) is -0.294. The van der Waals surface area contributed by atoms with E-state index in [9.17, 15) is 9.59 Å². The average Bonchev–Trinajstić information content (AvgIpc) is 3.33. The van der Waals surface area contributed by atoms with Gasteiger partial charge < -0.3 is 14.8 Å². The summed E-state index contributed by atoms with van der Waals surface area (Å²) in [5.74, 6) is 0.0616. The number of fused-ring (bicyclic) bond motifs is 2. The maximum Gasteiger partial charge on any atom is 0.242 e. The molecule has 0 bridgehead atoms. The second kappa shape index (κ2) is 7.02. The van der Waals surface area contributed by atoms with E-state index in [2.05, 4.69) is 15.3 Å². The smallest absolute Gasteiger partial charge is 0.242 e. The lowest BCUT2D eigenvalue weighted by molar-refractivity contribution is -0.140. The predicted octanol–water partition coefficient (Wildman–Crippen LogP) is 1.16. The van der Waals surface area contributed by atoms with Crippen molar-refractivity contribution in [1.82, 2.24) is 25.1 Å². The number of carbonyl (C=O) groups excluding carboxylic acids is 2. The average molecular weight is 359 g/mol. The number of hydrogen-bond acceptors (Lipinski definition) is 4. The number of aromatic amines is 1. The van der Waals surface area contributed by atoms with E-state index in [0.717, 1.165) is 63.0 Å². The predicted molar refractivity (Wildman–Crippen MR) is 97.4 cm³/mol. The van der Waals surface area contributed by atoms with Crippen molar-refractivity contribution in [2.24, 2.45) is 0 Å². The third kappa shape index (κ3) is 3.13. The molecule has 1 unspecified atom stereocenters. The van der Waals surface area contributed by atoms with E-state index in [-0.39, 0.29) is 29.9 Å². The number of imidazole rings is 1. The van der Waals surface area contributed by atoms with Gasteiger partial charge in [0.05, 0.1) is 30.1 Å². The van der Waals surface area contributed by atoms with Gasteiger partial charge >= 0.3 is 0 Å². The minimum Gasteiger partial charge on any atom is -0.348 e. The van der Waals surface area contributed by atoms with Crippen LogP contribution in [0.15, 0.2) is 6.33 Å². The third-order valence-electron chi connectivity index (χ3n) is 6.24. The molecule has 1 spiro atoms. The van der Waals surface area contributed by atoms with Gasteiger partial charge in [0.25, 0.3) is 0 Å².